The summed E-state index contributed by atoms with van der Waals surface area (Å²) in [5.41, 5.74) is -0.188. The Morgan fingerprint density at radius 2 is 2.05 bits per heavy atom. The van der Waals surface area contributed by atoms with Crippen molar-refractivity contribution in [3.05, 3.63) is 29.6 Å². The molecule has 6 heteroatoms. The van der Waals surface area contributed by atoms with E-state index < -0.39 is 11.8 Å². The molecule has 0 spiro atoms. The molecule has 0 saturated carbocycles. The van der Waals surface area contributed by atoms with Gasteiger partial charge < -0.3 is 15.7 Å². The van der Waals surface area contributed by atoms with Crippen LogP contribution in [-0.2, 0) is 4.79 Å². The Labute approximate surface area is 110 Å². The van der Waals surface area contributed by atoms with Crippen molar-refractivity contribution in [1.82, 2.24) is 5.32 Å². The molecule has 5 nitrogen and oxygen atoms in total. The van der Waals surface area contributed by atoms with Crippen LogP contribution in [0.3, 0.4) is 0 Å². The van der Waals surface area contributed by atoms with Gasteiger partial charge in [0.2, 0.25) is 5.91 Å². The van der Waals surface area contributed by atoms with E-state index in [4.69, 9.17) is 5.11 Å². The molecule has 19 heavy (non-hydrogen) atoms. The Kier molecular flexibility index (Phi) is 5.44. The number of anilines is 1. The number of amides is 1. The van der Waals surface area contributed by atoms with Crippen molar-refractivity contribution in [2.24, 2.45) is 0 Å². The summed E-state index contributed by atoms with van der Waals surface area (Å²) in [6.07, 6.45) is 0.189. The predicted molar refractivity (Wildman–Crippen MR) is 69.7 cm³/mol. The number of benzene rings is 1. The van der Waals surface area contributed by atoms with Crippen LogP contribution < -0.4 is 10.6 Å². The van der Waals surface area contributed by atoms with E-state index in [0.29, 0.717) is 6.54 Å². The molecule has 0 radical (unpaired) electrons. The fraction of sp³-hybridized carbons (Fsp3) is 0.385. The lowest BCUT2D eigenvalue weighted by molar-refractivity contribution is -0.116. The third-order valence-electron chi connectivity index (χ3n) is 2.39. The van der Waals surface area contributed by atoms with Crippen molar-refractivity contribution in [1.29, 1.82) is 0 Å². The summed E-state index contributed by atoms with van der Waals surface area (Å²) in [5, 5.41) is 14.2. The molecule has 0 saturated heterocycles. The molecular weight excluding hydrogens is 251 g/mol. The largest absolute Gasteiger partial charge is 0.478 e. The normalized spacial score (nSPS) is 10.5. The molecule has 0 unspecified atom stereocenters. The molecule has 0 heterocycles. The summed E-state index contributed by atoms with van der Waals surface area (Å²) in [6, 6.07) is 3.53. The van der Waals surface area contributed by atoms with Crippen LogP contribution in [0.25, 0.3) is 0 Å². The van der Waals surface area contributed by atoms with Crippen molar-refractivity contribution in [2.75, 3.05) is 11.9 Å². The van der Waals surface area contributed by atoms with E-state index in [2.05, 4.69) is 10.6 Å². The molecule has 1 amide bonds. The second kappa shape index (κ2) is 6.84. The van der Waals surface area contributed by atoms with Gasteiger partial charge in [0.15, 0.2) is 0 Å². The van der Waals surface area contributed by atoms with E-state index in [9.17, 15) is 14.0 Å². The quantitative estimate of drug-likeness (QED) is 0.735. The van der Waals surface area contributed by atoms with E-state index in [1.165, 1.54) is 0 Å². The van der Waals surface area contributed by atoms with E-state index in [-0.39, 0.29) is 29.6 Å². The monoisotopic (exact) mass is 268 g/mol. The molecule has 0 atom stereocenters. The fourth-order valence-electron chi connectivity index (χ4n) is 1.44. The minimum atomic E-state index is -1.17. The molecule has 0 aliphatic rings. The van der Waals surface area contributed by atoms with Gasteiger partial charge in [0.1, 0.15) is 5.82 Å². The highest BCUT2D eigenvalue weighted by molar-refractivity contribution is 5.94. The SMILES string of the molecule is CC(C)NCCC(=O)Nc1cc(C(=O)O)ccc1F. The number of carbonyl (C=O) groups is 2. The van der Waals surface area contributed by atoms with E-state index in [1.54, 1.807) is 0 Å². The lowest BCUT2D eigenvalue weighted by Crippen LogP contribution is -2.27. The number of carboxylic acid groups (broad SMARTS) is 1. The molecule has 0 aromatic heterocycles. The molecule has 0 aliphatic carbocycles. The van der Waals surface area contributed by atoms with Crippen LogP contribution in [0, 0.1) is 5.82 Å². The molecule has 1 aromatic rings. The van der Waals surface area contributed by atoms with E-state index in [1.807, 2.05) is 13.8 Å². The number of hydrogen-bond donors (Lipinski definition) is 3. The summed E-state index contributed by atoms with van der Waals surface area (Å²) in [6.45, 7) is 4.38. The Hall–Kier alpha value is -1.95. The number of nitrogens with one attached hydrogen (secondary N) is 2. The minimum absolute atomic E-state index is 0.0722. The summed E-state index contributed by atoms with van der Waals surface area (Å²) >= 11 is 0. The summed E-state index contributed by atoms with van der Waals surface area (Å²) in [4.78, 5) is 22.3. The maximum atomic E-state index is 13.4. The van der Waals surface area contributed by atoms with Crippen LogP contribution >= 0.6 is 0 Å². The Morgan fingerprint density at radius 3 is 2.63 bits per heavy atom. The molecule has 1 rings (SSSR count). The van der Waals surface area contributed by atoms with Crippen LogP contribution in [0.4, 0.5) is 10.1 Å². The van der Waals surface area contributed by atoms with Gasteiger partial charge in [0.25, 0.3) is 0 Å². The first-order chi connectivity index (χ1) is 8.90. The Balaban J connectivity index is 2.63. The van der Waals surface area contributed by atoms with Gasteiger partial charge in [-0.1, -0.05) is 13.8 Å². The van der Waals surface area contributed by atoms with Crippen molar-refractivity contribution < 1.29 is 19.1 Å². The molecule has 3 N–H and O–H groups in total. The van der Waals surface area contributed by atoms with Gasteiger partial charge in [-0.05, 0) is 18.2 Å². The standard InChI is InChI=1S/C13H17FN2O3/c1-8(2)15-6-5-12(17)16-11-7-9(13(18)19)3-4-10(11)14/h3-4,7-8,15H,5-6H2,1-2H3,(H,16,17)(H,18,19). The molecule has 1 aromatic carbocycles. The van der Waals surface area contributed by atoms with Crippen LogP contribution in [0.2, 0.25) is 0 Å². The van der Waals surface area contributed by atoms with Crippen LogP contribution in [0.5, 0.6) is 0 Å². The lowest BCUT2D eigenvalue weighted by atomic mass is 10.2. The van der Waals surface area contributed by atoms with Crippen LogP contribution in [0.1, 0.15) is 30.6 Å². The average molecular weight is 268 g/mol. The number of rotatable bonds is 6. The number of aromatic carboxylic acids is 1. The van der Waals surface area contributed by atoms with Crippen molar-refractivity contribution >= 4 is 17.6 Å². The van der Waals surface area contributed by atoms with Crippen LogP contribution in [0.15, 0.2) is 18.2 Å². The highest BCUT2D eigenvalue weighted by atomic mass is 19.1. The highest BCUT2D eigenvalue weighted by Gasteiger charge is 2.11. The summed E-state index contributed by atoms with van der Waals surface area (Å²) in [5.74, 6) is -2.19. The number of halogens is 1. The lowest BCUT2D eigenvalue weighted by Gasteiger charge is -2.09. The number of carbonyl (C=O) groups excluding carboxylic acids is 1. The topological polar surface area (TPSA) is 78.4 Å². The van der Waals surface area contributed by atoms with Crippen molar-refractivity contribution in [3.63, 3.8) is 0 Å². The minimum Gasteiger partial charge on any atom is -0.478 e. The predicted octanol–water partition coefficient (Wildman–Crippen LogP) is 1.85. The smallest absolute Gasteiger partial charge is 0.335 e. The van der Waals surface area contributed by atoms with Gasteiger partial charge >= 0.3 is 5.97 Å². The second-order valence-corrected chi connectivity index (χ2v) is 4.41. The first-order valence-corrected chi connectivity index (χ1v) is 5.96. The average Bonchev–Trinajstić information content (AvgIpc) is 2.31. The van der Waals surface area contributed by atoms with Gasteiger partial charge in [-0.2, -0.15) is 0 Å². The van der Waals surface area contributed by atoms with Gasteiger partial charge in [-0.3, -0.25) is 4.79 Å². The fourth-order valence-corrected chi connectivity index (χ4v) is 1.44. The third kappa shape index (κ3) is 5.05. The number of hydrogen-bond acceptors (Lipinski definition) is 3. The third-order valence-corrected chi connectivity index (χ3v) is 2.39. The van der Waals surface area contributed by atoms with Crippen molar-refractivity contribution in [2.45, 2.75) is 26.3 Å². The second-order valence-electron chi connectivity index (χ2n) is 4.41. The van der Waals surface area contributed by atoms with Crippen LogP contribution in [-0.4, -0.2) is 29.6 Å². The zero-order valence-electron chi connectivity index (χ0n) is 10.9. The molecule has 0 aliphatic heterocycles. The van der Waals surface area contributed by atoms with E-state index >= 15 is 0 Å². The molecule has 0 bridgehead atoms. The van der Waals surface area contributed by atoms with Gasteiger partial charge in [0.05, 0.1) is 11.3 Å². The zero-order valence-corrected chi connectivity index (χ0v) is 10.9. The molecular formula is C13H17FN2O3. The van der Waals surface area contributed by atoms with Gasteiger partial charge in [-0.25, -0.2) is 9.18 Å². The Bertz CT molecular complexity index is 475. The Morgan fingerprint density at radius 1 is 1.37 bits per heavy atom. The van der Waals surface area contributed by atoms with Gasteiger partial charge in [-0.15, -0.1) is 0 Å². The first kappa shape index (κ1) is 15.1. The number of carboxylic acids is 1. The summed E-state index contributed by atoms with van der Waals surface area (Å²) < 4.78 is 13.4. The van der Waals surface area contributed by atoms with Gasteiger partial charge in [0, 0.05) is 19.0 Å². The highest BCUT2D eigenvalue weighted by Crippen LogP contribution is 2.16. The maximum Gasteiger partial charge on any atom is 0.335 e. The van der Waals surface area contributed by atoms with Crippen molar-refractivity contribution in [3.8, 4) is 0 Å². The van der Waals surface area contributed by atoms with E-state index in [0.717, 1.165) is 18.2 Å². The first-order valence-electron chi connectivity index (χ1n) is 5.96. The molecule has 104 valence electrons. The molecule has 0 fully saturated rings. The zero-order chi connectivity index (χ0) is 14.4. The maximum absolute atomic E-state index is 13.4. The summed E-state index contributed by atoms with van der Waals surface area (Å²) in [7, 11) is 0.